The van der Waals surface area contributed by atoms with Crippen molar-refractivity contribution in [3.05, 3.63) is 29.8 Å². The molecule has 5 heteroatoms. The van der Waals surface area contributed by atoms with Crippen LogP contribution in [0.25, 0.3) is 6.08 Å². The van der Waals surface area contributed by atoms with E-state index < -0.39 is 5.97 Å². The Morgan fingerprint density at radius 1 is 1.29 bits per heavy atom. The largest absolute Gasteiger partial charge is 2.00 e. The first-order valence-electron chi connectivity index (χ1n) is 3.52. The predicted octanol–water partition coefficient (Wildman–Crippen LogP) is 1.04. The van der Waals surface area contributed by atoms with E-state index in [9.17, 15) is 4.79 Å². The molecule has 0 bridgehead atoms. The van der Waals surface area contributed by atoms with E-state index in [-0.39, 0.29) is 37.4 Å². The molecule has 0 aliphatic carbocycles. The molecule has 0 amide bonds. The Bertz CT molecular complexity index is 369. The molecule has 0 aliphatic heterocycles. The SMILES string of the molecule is O=C(O)C=Cc1ccc(O)c(O)c1.[H-].[H-].[Mg+2]. The van der Waals surface area contributed by atoms with E-state index in [0.717, 1.165) is 6.08 Å². The number of phenols is 2. The van der Waals surface area contributed by atoms with Crippen molar-refractivity contribution in [2.75, 3.05) is 0 Å². The standard InChI is InChI=1S/C9H8O4.Mg.2H/c10-7-3-1-6(5-8(7)11)2-4-9(12)13;;;/h1-5,10-11H,(H,12,13);;;/q;+2;2*-1. The van der Waals surface area contributed by atoms with E-state index >= 15 is 0 Å². The second-order valence-corrected chi connectivity index (χ2v) is 2.42. The van der Waals surface area contributed by atoms with Crippen molar-refractivity contribution in [1.82, 2.24) is 0 Å². The van der Waals surface area contributed by atoms with E-state index in [4.69, 9.17) is 15.3 Å². The quantitative estimate of drug-likeness (QED) is 0.384. The van der Waals surface area contributed by atoms with Crippen LogP contribution in [-0.2, 0) is 4.79 Å². The van der Waals surface area contributed by atoms with Gasteiger partial charge in [0.2, 0.25) is 0 Å². The third kappa shape index (κ3) is 3.67. The van der Waals surface area contributed by atoms with Crippen LogP contribution in [0.3, 0.4) is 0 Å². The van der Waals surface area contributed by atoms with Gasteiger partial charge in [-0.2, -0.15) is 0 Å². The van der Waals surface area contributed by atoms with E-state index in [1.54, 1.807) is 0 Å². The zero-order valence-corrected chi connectivity index (χ0v) is 8.76. The second kappa shape index (κ2) is 5.51. The minimum absolute atomic E-state index is 0. The Labute approximate surface area is 99.6 Å². The molecule has 0 heterocycles. The number of benzene rings is 1. The maximum absolute atomic E-state index is 10.1. The summed E-state index contributed by atoms with van der Waals surface area (Å²) in [5, 5.41) is 26.3. The number of rotatable bonds is 2. The number of aromatic hydroxyl groups is 2. The zero-order valence-electron chi connectivity index (χ0n) is 9.34. The molecule has 0 unspecified atom stereocenters. The van der Waals surface area contributed by atoms with Crippen molar-refractivity contribution in [2.45, 2.75) is 0 Å². The fourth-order valence-corrected chi connectivity index (χ4v) is 0.812. The molecule has 1 aromatic rings. The smallest absolute Gasteiger partial charge is 1.00 e. The zero-order chi connectivity index (χ0) is 9.84. The average molecular weight is 206 g/mol. The summed E-state index contributed by atoms with van der Waals surface area (Å²) >= 11 is 0. The minimum Gasteiger partial charge on any atom is -1.00 e. The van der Waals surface area contributed by atoms with Gasteiger partial charge in [-0.1, -0.05) is 6.07 Å². The molecule has 72 valence electrons. The molecule has 3 N–H and O–H groups in total. The summed E-state index contributed by atoms with van der Waals surface area (Å²) in [4.78, 5) is 10.1. The van der Waals surface area contributed by atoms with Crippen molar-refractivity contribution in [1.29, 1.82) is 0 Å². The van der Waals surface area contributed by atoms with Gasteiger partial charge in [0.15, 0.2) is 11.5 Å². The van der Waals surface area contributed by atoms with Gasteiger partial charge in [0.25, 0.3) is 0 Å². The number of hydrogen-bond donors (Lipinski definition) is 3. The van der Waals surface area contributed by atoms with Gasteiger partial charge in [0.05, 0.1) is 0 Å². The molecular weight excluding hydrogens is 196 g/mol. The first-order valence-corrected chi connectivity index (χ1v) is 3.52. The first kappa shape index (κ1) is 12.8. The fourth-order valence-electron chi connectivity index (χ4n) is 0.812. The normalized spacial score (nSPS) is 9.71. The van der Waals surface area contributed by atoms with Crippen LogP contribution in [0.4, 0.5) is 0 Å². The van der Waals surface area contributed by atoms with Crippen molar-refractivity contribution in [3.8, 4) is 11.5 Å². The van der Waals surface area contributed by atoms with Crippen LogP contribution in [0.15, 0.2) is 24.3 Å². The summed E-state index contributed by atoms with van der Waals surface area (Å²) in [6.45, 7) is 0. The van der Waals surface area contributed by atoms with Gasteiger partial charge in [-0.15, -0.1) is 0 Å². The predicted molar refractivity (Wildman–Crippen MR) is 54.4 cm³/mol. The second-order valence-electron chi connectivity index (χ2n) is 2.42. The Kier molecular flexibility index (Phi) is 5.04. The van der Waals surface area contributed by atoms with Crippen molar-refractivity contribution >= 4 is 35.1 Å². The van der Waals surface area contributed by atoms with E-state index in [0.29, 0.717) is 5.56 Å². The third-order valence-corrected chi connectivity index (χ3v) is 1.42. The molecule has 0 saturated heterocycles. The number of hydrogen-bond acceptors (Lipinski definition) is 3. The summed E-state index contributed by atoms with van der Waals surface area (Å²) in [5.74, 6) is -1.56. The summed E-state index contributed by atoms with van der Waals surface area (Å²) in [5.41, 5.74) is 0.512. The molecule has 1 rings (SSSR count). The van der Waals surface area contributed by atoms with Gasteiger partial charge >= 0.3 is 29.0 Å². The molecule has 0 spiro atoms. The average Bonchev–Trinajstić information content (AvgIpc) is 2.07. The number of carbonyl (C=O) groups is 1. The monoisotopic (exact) mass is 206 g/mol. The molecule has 4 nitrogen and oxygen atoms in total. The van der Waals surface area contributed by atoms with Crippen LogP contribution in [0.5, 0.6) is 11.5 Å². The van der Waals surface area contributed by atoms with Crippen LogP contribution in [-0.4, -0.2) is 44.3 Å². The van der Waals surface area contributed by atoms with Crippen molar-refractivity contribution in [3.63, 3.8) is 0 Å². The van der Waals surface area contributed by atoms with Crippen molar-refractivity contribution in [2.24, 2.45) is 0 Å². The maximum Gasteiger partial charge on any atom is 2.00 e. The topological polar surface area (TPSA) is 77.8 Å². The fraction of sp³-hybridized carbons (Fsp3) is 0. The molecular formula is C9H10MgO4. The molecule has 0 radical (unpaired) electrons. The Balaban J connectivity index is -0.000000563. The van der Waals surface area contributed by atoms with Gasteiger partial charge in [0.1, 0.15) is 0 Å². The van der Waals surface area contributed by atoms with Gasteiger partial charge in [-0.3, -0.25) is 0 Å². The summed E-state index contributed by atoms with van der Waals surface area (Å²) in [6.07, 6.45) is 2.27. The van der Waals surface area contributed by atoms with E-state index in [1.807, 2.05) is 0 Å². The number of carboxylic acid groups (broad SMARTS) is 1. The van der Waals surface area contributed by atoms with E-state index in [1.165, 1.54) is 24.3 Å². The molecule has 0 fully saturated rings. The van der Waals surface area contributed by atoms with Crippen molar-refractivity contribution < 1.29 is 23.0 Å². The summed E-state index contributed by atoms with van der Waals surface area (Å²) in [7, 11) is 0. The van der Waals surface area contributed by atoms with Crippen LogP contribution < -0.4 is 0 Å². The molecule has 0 atom stereocenters. The molecule has 14 heavy (non-hydrogen) atoms. The minimum atomic E-state index is -1.06. The third-order valence-electron chi connectivity index (χ3n) is 1.42. The number of aliphatic carboxylic acids is 1. The van der Waals surface area contributed by atoms with Crippen LogP contribution in [0.1, 0.15) is 8.42 Å². The van der Waals surface area contributed by atoms with Crippen LogP contribution in [0.2, 0.25) is 0 Å². The Hall–Kier alpha value is -1.20. The number of phenolic OH excluding ortho intramolecular Hbond substituents is 2. The molecule has 0 saturated carbocycles. The number of carboxylic acids is 1. The van der Waals surface area contributed by atoms with Gasteiger partial charge in [-0.05, 0) is 23.8 Å². The Morgan fingerprint density at radius 3 is 2.43 bits per heavy atom. The van der Waals surface area contributed by atoms with Gasteiger partial charge in [0, 0.05) is 6.08 Å². The van der Waals surface area contributed by atoms with E-state index in [2.05, 4.69) is 0 Å². The van der Waals surface area contributed by atoms with Crippen LogP contribution >= 0.6 is 0 Å². The molecule has 0 aromatic heterocycles. The van der Waals surface area contributed by atoms with Gasteiger partial charge in [-0.25, -0.2) is 4.79 Å². The van der Waals surface area contributed by atoms with Crippen LogP contribution in [0, 0.1) is 0 Å². The summed E-state index contributed by atoms with van der Waals surface area (Å²) < 4.78 is 0. The molecule has 0 aliphatic rings. The van der Waals surface area contributed by atoms with Gasteiger partial charge < -0.3 is 18.2 Å². The maximum atomic E-state index is 10.1. The summed E-state index contributed by atoms with van der Waals surface area (Å²) in [6, 6.07) is 4.06. The molecule has 1 aromatic carbocycles. The Morgan fingerprint density at radius 2 is 1.93 bits per heavy atom. The first-order chi connectivity index (χ1) is 6.09.